The summed E-state index contributed by atoms with van der Waals surface area (Å²) in [4.78, 5) is 10.8. The zero-order chi connectivity index (χ0) is 13.4. The predicted molar refractivity (Wildman–Crippen MR) is 64.0 cm³/mol. The van der Waals surface area contributed by atoms with E-state index in [1.807, 2.05) is 0 Å². The summed E-state index contributed by atoms with van der Waals surface area (Å²) in [6, 6.07) is 2.41. The van der Waals surface area contributed by atoms with Gasteiger partial charge in [-0.2, -0.15) is 0 Å². The van der Waals surface area contributed by atoms with Gasteiger partial charge in [0.25, 0.3) is 0 Å². The highest BCUT2D eigenvalue weighted by Crippen LogP contribution is 2.26. The number of carboxylic acid groups (broad SMARTS) is 1. The van der Waals surface area contributed by atoms with Gasteiger partial charge < -0.3 is 5.11 Å². The highest BCUT2D eigenvalue weighted by molar-refractivity contribution is 7.89. The van der Waals surface area contributed by atoms with Crippen molar-refractivity contribution in [3.63, 3.8) is 0 Å². The molecule has 1 rings (SSSR count). The first-order valence-corrected chi connectivity index (χ1v) is 6.45. The number of carbonyl (C=O) groups is 1. The Kier molecular flexibility index (Phi) is 3.81. The quantitative estimate of drug-likeness (QED) is 0.910. The van der Waals surface area contributed by atoms with Crippen molar-refractivity contribution in [2.75, 3.05) is 14.1 Å². The maximum atomic E-state index is 11.9. The molecule has 0 heterocycles. The Labute approximate surface area is 105 Å². The summed E-state index contributed by atoms with van der Waals surface area (Å²) in [5.74, 6) is -1.26. The highest BCUT2D eigenvalue weighted by Gasteiger charge is 2.21. The lowest BCUT2D eigenvalue weighted by Gasteiger charge is -2.13. The SMILES string of the molecule is Cc1cc(S(=O)(=O)N(C)C)cc(C(=O)O)c1Cl. The van der Waals surface area contributed by atoms with Crippen LogP contribution in [-0.2, 0) is 10.0 Å². The highest BCUT2D eigenvalue weighted by atomic mass is 35.5. The van der Waals surface area contributed by atoms with E-state index >= 15 is 0 Å². The van der Waals surface area contributed by atoms with Crippen molar-refractivity contribution in [3.8, 4) is 0 Å². The number of halogens is 1. The Bertz CT molecular complexity index is 566. The molecule has 0 aliphatic carbocycles. The van der Waals surface area contributed by atoms with E-state index in [1.54, 1.807) is 6.92 Å². The van der Waals surface area contributed by atoms with Gasteiger partial charge in [-0.05, 0) is 24.6 Å². The number of nitrogens with zero attached hydrogens (tertiary/aromatic N) is 1. The van der Waals surface area contributed by atoms with E-state index in [4.69, 9.17) is 16.7 Å². The molecule has 1 aromatic carbocycles. The molecule has 94 valence electrons. The Morgan fingerprint density at radius 3 is 2.29 bits per heavy atom. The van der Waals surface area contributed by atoms with Gasteiger partial charge in [0, 0.05) is 14.1 Å². The van der Waals surface area contributed by atoms with E-state index in [0.29, 0.717) is 5.56 Å². The Morgan fingerprint density at radius 2 is 1.88 bits per heavy atom. The monoisotopic (exact) mass is 277 g/mol. The summed E-state index contributed by atoms with van der Waals surface area (Å²) < 4.78 is 24.7. The van der Waals surface area contributed by atoms with Crippen LogP contribution in [0.4, 0.5) is 0 Å². The fourth-order valence-electron chi connectivity index (χ4n) is 1.25. The molecule has 17 heavy (non-hydrogen) atoms. The van der Waals surface area contributed by atoms with Crippen molar-refractivity contribution >= 4 is 27.6 Å². The first-order valence-electron chi connectivity index (χ1n) is 4.64. The molecule has 0 aromatic heterocycles. The standard InChI is InChI=1S/C10H12ClNO4S/c1-6-4-7(17(15,16)12(2)3)5-8(9(6)11)10(13)14/h4-5H,1-3H3,(H,13,14). The molecule has 7 heteroatoms. The van der Waals surface area contributed by atoms with Crippen molar-refractivity contribution in [1.82, 2.24) is 4.31 Å². The van der Waals surface area contributed by atoms with Gasteiger partial charge in [0.05, 0.1) is 15.5 Å². The van der Waals surface area contributed by atoms with Gasteiger partial charge in [0.1, 0.15) is 0 Å². The van der Waals surface area contributed by atoms with Crippen LogP contribution in [0.15, 0.2) is 17.0 Å². The van der Waals surface area contributed by atoms with Gasteiger partial charge in [-0.25, -0.2) is 17.5 Å². The summed E-state index contributed by atoms with van der Waals surface area (Å²) in [6.45, 7) is 1.56. The average Bonchev–Trinajstić information content (AvgIpc) is 2.20. The van der Waals surface area contributed by atoms with Crippen LogP contribution in [-0.4, -0.2) is 37.9 Å². The largest absolute Gasteiger partial charge is 0.478 e. The number of benzene rings is 1. The lowest BCUT2D eigenvalue weighted by molar-refractivity contribution is 0.0696. The molecule has 0 aliphatic rings. The molecule has 1 N–H and O–H groups in total. The third-order valence-corrected chi connectivity index (χ3v) is 4.53. The normalized spacial score (nSPS) is 11.8. The molecule has 0 bridgehead atoms. The van der Waals surface area contributed by atoms with Crippen LogP contribution in [0.3, 0.4) is 0 Å². The van der Waals surface area contributed by atoms with Crippen molar-refractivity contribution in [3.05, 3.63) is 28.3 Å². The zero-order valence-electron chi connectivity index (χ0n) is 9.56. The first-order chi connectivity index (χ1) is 7.67. The van der Waals surface area contributed by atoms with Crippen molar-refractivity contribution < 1.29 is 18.3 Å². The van der Waals surface area contributed by atoms with Gasteiger partial charge in [0.2, 0.25) is 10.0 Å². The second-order valence-electron chi connectivity index (χ2n) is 3.69. The fraction of sp³-hybridized carbons (Fsp3) is 0.300. The van der Waals surface area contributed by atoms with Gasteiger partial charge in [0.15, 0.2) is 0 Å². The number of hydrogen-bond acceptors (Lipinski definition) is 3. The van der Waals surface area contributed by atoms with E-state index in [0.717, 1.165) is 10.4 Å². The number of rotatable bonds is 3. The topological polar surface area (TPSA) is 74.7 Å². The van der Waals surface area contributed by atoms with Gasteiger partial charge >= 0.3 is 5.97 Å². The van der Waals surface area contributed by atoms with Crippen LogP contribution in [0, 0.1) is 6.92 Å². The van der Waals surface area contributed by atoms with Crippen LogP contribution < -0.4 is 0 Å². The molecule has 0 saturated carbocycles. The van der Waals surface area contributed by atoms with Crippen LogP contribution >= 0.6 is 11.6 Å². The van der Waals surface area contributed by atoms with E-state index in [2.05, 4.69) is 0 Å². The molecule has 1 aromatic rings. The molecule has 0 unspecified atom stereocenters. The molecule has 0 saturated heterocycles. The second-order valence-corrected chi connectivity index (χ2v) is 6.22. The van der Waals surface area contributed by atoms with Crippen molar-refractivity contribution in [1.29, 1.82) is 0 Å². The van der Waals surface area contributed by atoms with Crippen LogP contribution in [0.25, 0.3) is 0 Å². The number of carboxylic acids is 1. The first kappa shape index (κ1) is 14.0. The van der Waals surface area contributed by atoms with E-state index in [1.165, 1.54) is 20.2 Å². The molecule has 0 amide bonds. The predicted octanol–water partition coefficient (Wildman–Crippen LogP) is 1.60. The van der Waals surface area contributed by atoms with Gasteiger partial charge in [-0.15, -0.1) is 0 Å². The lowest BCUT2D eigenvalue weighted by atomic mass is 10.1. The second kappa shape index (κ2) is 4.64. The molecule has 0 aliphatic heterocycles. The van der Waals surface area contributed by atoms with Crippen molar-refractivity contribution in [2.45, 2.75) is 11.8 Å². The molecule has 0 atom stereocenters. The fourth-order valence-corrected chi connectivity index (χ4v) is 2.46. The summed E-state index contributed by atoms with van der Waals surface area (Å²) in [6.07, 6.45) is 0. The molecule has 5 nitrogen and oxygen atoms in total. The van der Waals surface area contributed by atoms with E-state index in [-0.39, 0.29) is 15.5 Å². The molecular weight excluding hydrogens is 266 g/mol. The summed E-state index contributed by atoms with van der Waals surface area (Å²) in [5, 5.41) is 8.98. The Morgan fingerprint density at radius 1 is 1.35 bits per heavy atom. The Balaban J connectivity index is 3.55. The third kappa shape index (κ3) is 2.59. The molecule has 0 radical (unpaired) electrons. The minimum absolute atomic E-state index is 0.0511. The molecular formula is C10H12ClNO4S. The average molecular weight is 278 g/mol. The third-order valence-electron chi connectivity index (χ3n) is 2.24. The summed E-state index contributed by atoms with van der Waals surface area (Å²) >= 11 is 5.80. The number of aryl methyl sites for hydroxylation is 1. The summed E-state index contributed by atoms with van der Waals surface area (Å²) in [7, 11) is -0.911. The van der Waals surface area contributed by atoms with Gasteiger partial charge in [-0.1, -0.05) is 11.6 Å². The minimum Gasteiger partial charge on any atom is -0.478 e. The molecule has 0 fully saturated rings. The zero-order valence-corrected chi connectivity index (χ0v) is 11.1. The number of sulfonamides is 1. The maximum absolute atomic E-state index is 11.9. The minimum atomic E-state index is -3.66. The smallest absolute Gasteiger partial charge is 0.337 e. The van der Waals surface area contributed by atoms with Crippen LogP contribution in [0.5, 0.6) is 0 Å². The van der Waals surface area contributed by atoms with E-state index in [9.17, 15) is 13.2 Å². The maximum Gasteiger partial charge on any atom is 0.337 e. The lowest BCUT2D eigenvalue weighted by Crippen LogP contribution is -2.22. The summed E-state index contributed by atoms with van der Waals surface area (Å²) in [5.41, 5.74) is 0.194. The number of hydrogen-bond donors (Lipinski definition) is 1. The van der Waals surface area contributed by atoms with Crippen LogP contribution in [0.1, 0.15) is 15.9 Å². The Hall–Kier alpha value is -1.11. The van der Waals surface area contributed by atoms with E-state index < -0.39 is 16.0 Å². The molecule has 0 spiro atoms. The number of aromatic carboxylic acids is 1. The van der Waals surface area contributed by atoms with Crippen LogP contribution in [0.2, 0.25) is 5.02 Å². The van der Waals surface area contributed by atoms with Gasteiger partial charge in [-0.3, -0.25) is 0 Å². The van der Waals surface area contributed by atoms with Crippen molar-refractivity contribution in [2.24, 2.45) is 0 Å².